The largest absolute Gasteiger partial charge is 0.493 e. The molecular weight excluding hydrogens is 360 g/mol. The average molecular weight is 391 g/mol. The zero-order chi connectivity index (χ0) is 19.5. The molecule has 2 rings (SSSR count). The summed E-state index contributed by atoms with van der Waals surface area (Å²) in [4.78, 5) is 10.0. The predicted molar refractivity (Wildman–Crippen MR) is 112 cm³/mol. The molecule has 148 valence electrons. The second-order valence-corrected chi connectivity index (χ2v) is 7.36. The maximum Gasteiger partial charge on any atom is 0.191 e. The quantitative estimate of drug-likeness (QED) is 0.370. The van der Waals surface area contributed by atoms with Crippen LogP contribution in [0.5, 0.6) is 5.75 Å². The van der Waals surface area contributed by atoms with E-state index in [1.54, 1.807) is 25.5 Å². The van der Waals surface area contributed by atoms with Gasteiger partial charge in [0.15, 0.2) is 5.96 Å². The first kappa shape index (κ1) is 21.2. The monoisotopic (exact) mass is 390 g/mol. The molecule has 0 bridgehead atoms. The topological polar surface area (TPSA) is 67.8 Å². The minimum atomic E-state index is 0.637. The highest BCUT2D eigenvalue weighted by molar-refractivity contribution is 7.11. The van der Waals surface area contributed by atoms with Crippen molar-refractivity contribution in [2.45, 2.75) is 39.8 Å². The number of aliphatic imine (C=N–C) groups is 1. The highest BCUT2D eigenvalue weighted by atomic mass is 32.1. The van der Waals surface area contributed by atoms with Gasteiger partial charge < -0.3 is 20.1 Å². The van der Waals surface area contributed by atoms with Gasteiger partial charge in [0.1, 0.15) is 10.8 Å². The van der Waals surface area contributed by atoms with Crippen molar-refractivity contribution in [3.63, 3.8) is 0 Å². The van der Waals surface area contributed by atoms with Gasteiger partial charge in [-0.2, -0.15) is 0 Å². The van der Waals surface area contributed by atoms with Crippen molar-refractivity contribution in [3.05, 3.63) is 45.4 Å². The van der Waals surface area contributed by atoms with E-state index in [0.717, 1.165) is 35.1 Å². The van der Waals surface area contributed by atoms with E-state index < -0.39 is 0 Å². The standard InChI is InChI=1S/C20H30N4O2S/c1-5-17-13-22-19(27-17)14-24-20(21-3)23-12-16-8-7-15(2)11-18(16)26-10-6-9-25-4/h7-8,11,13H,5-6,9-10,12,14H2,1-4H3,(H2,21,23,24). The third-order valence-electron chi connectivity index (χ3n) is 4.00. The Morgan fingerprint density at radius 3 is 2.74 bits per heavy atom. The fourth-order valence-electron chi connectivity index (χ4n) is 2.48. The number of benzene rings is 1. The molecule has 0 fully saturated rings. The Labute approximate surface area is 166 Å². The lowest BCUT2D eigenvalue weighted by atomic mass is 10.1. The summed E-state index contributed by atoms with van der Waals surface area (Å²) in [5.41, 5.74) is 2.28. The number of ether oxygens (including phenoxy) is 2. The van der Waals surface area contributed by atoms with Crippen LogP contribution in [0.4, 0.5) is 0 Å². The first-order valence-corrected chi connectivity index (χ1v) is 10.1. The molecule has 0 amide bonds. The number of guanidine groups is 1. The van der Waals surface area contributed by atoms with E-state index in [-0.39, 0.29) is 0 Å². The van der Waals surface area contributed by atoms with E-state index in [9.17, 15) is 0 Å². The third kappa shape index (κ3) is 7.19. The maximum atomic E-state index is 5.94. The van der Waals surface area contributed by atoms with Crippen molar-refractivity contribution >= 4 is 17.3 Å². The molecule has 2 N–H and O–H groups in total. The van der Waals surface area contributed by atoms with Gasteiger partial charge in [-0.1, -0.05) is 19.1 Å². The Balaban J connectivity index is 1.89. The first-order valence-electron chi connectivity index (χ1n) is 9.25. The van der Waals surface area contributed by atoms with Crippen molar-refractivity contribution in [2.24, 2.45) is 4.99 Å². The third-order valence-corrected chi connectivity index (χ3v) is 5.14. The number of nitrogens with one attached hydrogen (secondary N) is 2. The number of aryl methyl sites for hydroxylation is 2. The summed E-state index contributed by atoms with van der Waals surface area (Å²) in [6.45, 7) is 6.85. The summed E-state index contributed by atoms with van der Waals surface area (Å²) >= 11 is 1.73. The molecule has 2 aromatic rings. The predicted octanol–water partition coefficient (Wildman–Crippen LogP) is 3.29. The second kappa shape index (κ2) is 11.6. The van der Waals surface area contributed by atoms with Gasteiger partial charge in [0.05, 0.1) is 13.2 Å². The lowest BCUT2D eigenvalue weighted by Gasteiger charge is -2.15. The van der Waals surface area contributed by atoms with Gasteiger partial charge in [-0.05, 0) is 25.0 Å². The van der Waals surface area contributed by atoms with Crippen molar-refractivity contribution < 1.29 is 9.47 Å². The zero-order valence-electron chi connectivity index (χ0n) is 16.7. The Morgan fingerprint density at radius 1 is 1.22 bits per heavy atom. The normalized spacial score (nSPS) is 11.5. The Kier molecular flexibility index (Phi) is 9.07. The van der Waals surface area contributed by atoms with Crippen LogP contribution in [0.15, 0.2) is 29.4 Å². The number of aromatic nitrogens is 1. The summed E-state index contributed by atoms with van der Waals surface area (Å²) in [5, 5.41) is 7.73. The summed E-state index contributed by atoms with van der Waals surface area (Å²) in [5.74, 6) is 1.65. The van der Waals surface area contributed by atoms with Crippen LogP contribution in [0, 0.1) is 6.92 Å². The molecule has 0 atom stereocenters. The van der Waals surface area contributed by atoms with Gasteiger partial charge in [0, 0.05) is 50.4 Å². The van der Waals surface area contributed by atoms with Crippen LogP contribution in [0.2, 0.25) is 0 Å². The van der Waals surface area contributed by atoms with E-state index in [4.69, 9.17) is 9.47 Å². The molecule has 6 nitrogen and oxygen atoms in total. The van der Waals surface area contributed by atoms with Gasteiger partial charge in [-0.25, -0.2) is 4.98 Å². The SMILES string of the molecule is CCc1cnc(CNC(=NC)NCc2ccc(C)cc2OCCCOC)s1. The highest BCUT2D eigenvalue weighted by Crippen LogP contribution is 2.20. The number of thiazole rings is 1. The summed E-state index contributed by atoms with van der Waals surface area (Å²) in [6.07, 6.45) is 3.83. The van der Waals surface area contributed by atoms with Crippen molar-refractivity contribution in [1.29, 1.82) is 0 Å². The smallest absolute Gasteiger partial charge is 0.191 e. The molecule has 7 heteroatoms. The van der Waals surface area contributed by atoms with Crippen LogP contribution < -0.4 is 15.4 Å². The van der Waals surface area contributed by atoms with E-state index in [0.29, 0.717) is 26.3 Å². The Bertz CT molecular complexity index is 731. The lowest BCUT2D eigenvalue weighted by Crippen LogP contribution is -2.36. The fraction of sp³-hybridized carbons (Fsp3) is 0.500. The molecule has 0 saturated carbocycles. The molecule has 0 saturated heterocycles. The van der Waals surface area contributed by atoms with Crippen LogP contribution in [-0.2, 0) is 24.2 Å². The maximum absolute atomic E-state index is 5.94. The number of hydrogen-bond acceptors (Lipinski definition) is 5. The summed E-state index contributed by atoms with van der Waals surface area (Å²) < 4.78 is 11.0. The Morgan fingerprint density at radius 2 is 2.04 bits per heavy atom. The summed E-state index contributed by atoms with van der Waals surface area (Å²) in [6, 6.07) is 6.26. The molecule has 27 heavy (non-hydrogen) atoms. The molecule has 1 heterocycles. The lowest BCUT2D eigenvalue weighted by molar-refractivity contribution is 0.171. The van der Waals surface area contributed by atoms with Gasteiger partial charge in [0.2, 0.25) is 0 Å². The van der Waals surface area contributed by atoms with E-state index in [2.05, 4.69) is 52.7 Å². The molecule has 0 aliphatic heterocycles. The molecule has 1 aromatic carbocycles. The molecule has 0 aliphatic rings. The first-order chi connectivity index (χ1) is 13.2. The second-order valence-electron chi connectivity index (χ2n) is 6.16. The van der Waals surface area contributed by atoms with Crippen LogP contribution in [0.3, 0.4) is 0 Å². The van der Waals surface area contributed by atoms with E-state index in [1.807, 2.05) is 6.20 Å². The molecule has 0 spiro atoms. The molecule has 0 aliphatic carbocycles. The van der Waals surface area contributed by atoms with Crippen molar-refractivity contribution in [2.75, 3.05) is 27.4 Å². The summed E-state index contributed by atoms with van der Waals surface area (Å²) in [7, 11) is 3.47. The number of rotatable bonds is 10. The van der Waals surface area contributed by atoms with Crippen LogP contribution in [-0.4, -0.2) is 38.3 Å². The van der Waals surface area contributed by atoms with Crippen LogP contribution >= 0.6 is 11.3 Å². The Hall–Kier alpha value is -2.12. The van der Waals surface area contributed by atoms with Gasteiger partial charge in [-0.15, -0.1) is 11.3 Å². The minimum Gasteiger partial charge on any atom is -0.493 e. The number of nitrogens with zero attached hydrogens (tertiary/aromatic N) is 2. The van der Waals surface area contributed by atoms with Gasteiger partial charge >= 0.3 is 0 Å². The van der Waals surface area contributed by atoms with E-state index >= 15 is 0 Å². The van der Waals surface area contributed by atoms with Crippen LogP contribution in [0.1, 0.15) is 34.4 Å². The fourth-order valence-corrected chi connectivity index (χ4v) is 3.28. The van der Waals surface area contributed by atoms with E-state index in [1.165, 1.54) is 10.4 Å². The molecule has 1 aromatic heterocycles. The van der Waals surface area contributed by atoms with Gasteiger partial charge in [-0.3, -0.25) is 4.99 Å². The zero-order valence-corrected chi connectivity index (χ0v) is 17.5. The van der Waals surface area contributed by atoms with Gasteiger partial charge in [0.25, 0.3) is 0 Å². The highest BCUT2D eigenvalue weighted by Gasteiger charge is 2.07. The number of hydrogen-bond donors (Lipinski definition) is 2. The number of methoxy groups -OCH3 is 1. The van der Waals surface area contributed by atoms with Crippen molar-refractivity contribution in [1.82, 2.24) is 15.6 Å². The van der Waals surface area contributed by atoms with Crippen molar-refractivity contribution in [3.8, 4) is 5.75 Å². The molecule has 0 radical (unpaired) electrons. The van der Waals surface area contributed by atoms with Crippen LogP contribution in [0.25, 0.3) is 0 Å². The molecular formula is C20H30N4O2S. The minimum absolute atomic E-state index is 0.637. The molecule has 0 unspecified atom stereocenters. The average Bonchev–Trinajstić information content (AvgIpc) is 3.14.